The predicted molar refractivity (Wildman–Crippen MR) is 77.5 cm³/mol. The molecule has 1 N–H and O–H groups in total. The van der Waals surface area contributed by atoms with E-state index in [1.54, 1.807) is 12.1 Å². The van der Waals surface area contributed by atoms with Gasteiger partial charge in [0.2, 0.25) is 11.5 Å². The van der Waals surface area contributed by atoms with Gasteiger partial charge in [-0.3, -0.25) is 4.79 Å². The molecule has 1 aromatic carbocycles. The van der Waals surface area contributed by atoms with Crippen LogP contribution in [0, 0.1) is 11.8 Å². The Labute approximate surface area is 124 Å². The molecule has 1 heterocycles. The smallest absolute Gasteiger partial charge is 0.208 e. The first-order chi connectivity index (χ1) is 10.2. The van der Waals surface area contributed by atoms with E-state index < -0.39 is 0 Å². The Kier molecular flexibility index (Phi) is 3.97. The third-order valence-corrected chi connectivity index (χ3v) is 4.45. The van der Waals surface area contributed by atoms with Crippen LogP contribution >= 0.6 is 0 Å². The van der Waals surface area contributed by atoms with Crippen molar-refractivity contribution in [2.75, 3.05) is 0 Å². The summed E-state index contributed by atoms with van der Waals surface area (Å²) in [6.07, 6.45) is 2.85. The Morgan fingerprint density at radius 1 is 1.29 bits per heavy atom. The lowest BCUT2D eigenvalue weighted by Gasteiger charge is -2.39. The summed E-state index contributed by atoms with van der Waals surface area (Å²) < 4.78 is 11.3. The maximum Gasteiger partial charge on any atom is 0.208 e. The van der Waals surface area contributed by atoms with E-state index in [0.717, 1.165) is 6.42 Å². The molecule has 1 aliphatic heterocycles. The zero-order valence-corrected chi connectivity index (χ0v) is 12.1. The number of aliphatic hydroxyl groups is 1. The molecule has 0 bridgehead atoms. The molecule has 2 aliphatic rings. The van der Waals surface area contributed by atoms with Crippen LogP contribution in [0.2, 0.25) is 0 Å². The minimum Gasteiger partial charge on any atom is -0.493 e. The van der Waals surface area contributed by atoms with Gasteiger partial charge in [-0.15, -0.1) is 0 Å². The number of ether oxygens (including phenoxy) is 2. The molecule has 4 nitrogen and oxygen atoms in total. The van der Waals surface area contributed by atoms with Gasteiger partial charge in [0.1, 0.15) is 18.1 Å². The number of carbonyl (C=O) groups is 1. The average Bonchev–Trinajstić information content (AvgIpc) is 2.51. The van der Waals surface area contributed by atoms with E-state index >= 15 is 0 Å². The van der Waals surface area contributed by atoms with Crippen molar-refractivity contribution in [2.24, 2.45) is 11.8 Å². The first-order valence-electron chi connectivity index (χ1n) is 7.50. The molecule has 0 amide bonds. The molecule has 0 aromatic heterocycles. The summed E-state index contributed by atoms with van der Waals surface area (Å²) in [5, 5.41) is 10.1. The summed E-state index contributed by atoms with van der Waals surface area (Å²) in [5.41, 5.74) is 0. The lowest BCUT2D eigenvalue weighted by atomic mass is 9.73. The summed E-state index contributed by atoms with van der Waals surface area (Å²) >= 11 is 0. The molecule has 1 saturated carbocycles. The maximum absolute atomic E-state index is 12.6. The van der Waals surface area contributed by atoms with Gasteiger partial charge in [-0.25, -0.2) is 0 Å². The van der Waals surface area contributed by atoms with E-state index in [2.05, 4.69) is 0 Å². The third kappa shape index (κ3) is 2.81. The summed E-state index contributed by atoms with van der Waals surface area (Å²) in [5.74, 6) is 0.827. The Morgan fingerprint density at radius 2 is 2.05 bits per heavy atom. The number of benzene rings is 1. The average molecular weight is 288 g/mol. The highest BCUT2D eigenvalue weighted by molar-refractivity contribution is 5.96. The maximum atomic E-state index is 12.6. The van der Waals surface area contributed by atoms with Crippen molar-refractivity contribution in [3.63, 3.8) is 0 Å². The van der Waals surface area contributed by atoms with Gasteiger partial charge in [0, 0.05) is 6.42 Å². The van der Waals surface area contributed by atoms with E-state index in [4.69, 9.17) is 9.47 Å². The topological polar surface area (TPSA) is 55.8 Å². The highest BCUT2D eigenvalue weighted by Crippen LogP contribution is 2.38. The van der Waals surface area contributed by atoms with Gasteiger partial charge in [-0.05, 0) is 24.5 Å². The molecule has 4 heteroatoms. The van der Waals surface area contributed by atoms with Crippen molar-refractivity contribution in [1.82, 2.24) is 0 Å². The van der Waals surface area contributed by atoms with Gasteiger partial charge in [0.15, 0.2) is 0 Å². The van der Waals surface area contributed by atoms with Gasteiger partial charge in [-0.2, -0.15) is 0 Å². The Bertz CT molecular complexity index is 537. The molecule has 1 aromatic rings. The largest absolute Gasteiger partial charge is 0.493 e. The molecular weight excluding hydrogens is 268 g/mol. The number of Topliss-reactive ketones (excluding diaryl/α,β-unsaturated/α-hetero) is 1. The first-order valence-corrected chi connectivity index (χ1v) is 7.50. The zero-order chi connectivity index (χ0) is 14.8. The second-order valence-corrected chi connectivity index (χ2v) is 5.75. The van der Waals surface area contributed by atoms with E-state index in [9.17, 15) is 9.90 Å². The van der Waals surface area contributed by atoms with Crippen molar-refractivity contribution in [3.05, 3.63) is 42.4 Å². The highest BCUT2D eigenvalue weighted by atomic mass is 16.5. The van der Waals surface area contributed by atoms with Crippen LogP contribution in [0.4, 0.5) is 0 Å². The van der Waals surface area contributed by atoms with Crippen molar-refractivity contribution >= 4 is 5.78 Å². The zero-order valence-electron chi connectivity index (χ0n) is 12.1. The summed E-state index contributed by atoms with van der Waals surface area (Å²) in [4.78, 5) is 12.6. The van der Waals surface area contributed by atoms with Crippen LogP contribution < -0.4 is 4.74 Å². The van der Waals surface area contributed by atoms with Gasteiger partial charge in [-0.1, -0.05) is 31.5 Å². The van der Waals surface area contributed by atoms with Crippen molar-refractivity contribution in [1.29, 1.82) is 0 Å². The summed E-state index contributed by atoms with van der Waals surface area (Å²) in [7, 11) is 0. The quantitative estimate of drug-likeness (QED) is 0.929. The van der Waals surface area contributed by atoms with Gasteiger partial charge in [0.25, 0.3) is 0 Å². The minimum absolute atomic E-state index is 0.0135. The molecular formula is C17H20O4. The van der Waals surface area contributed by atoms with E-state index in [1.807, 2.05) is 25.1 Å². The first kappa shape index (κ1) is 14.1. The number of rotatable bonds is 3. The van der Waals surface area contributed by atoms with Crippen molar-refractivity contribution < 1.29 is 19.4 Å². The SMILES string of the molecule is CCC1CC2C(=O)C(Oc3ccccc3)=COC2CC1O. The summed E-state index contributed by atoms with van der Waals surface area (Å²) in [6.45, 7) is 2.04. The monoisotopic (exact) mass is 288 g/mol. The molecule has 112 valence electrons. The van der Waals surface area contributed by atoms with E-state index in [1.165, 1.54) is 6.26 Å². The molecule has 0 spiro atoms. The number of para-hydroxylation sites is 1. The number of hydrogen-bond donors (Lipinski definition) is 1. The molecule has 3 rings (SSSR count). The van der Waals surface area contributed by atoms with E-state index in [-0.39, 0.29) is 35.6 Å². The fourth-order valence-electron chi connectivity index (χ4n) is 3.17. The fourth-order valence-corrected chi connectivity index (χ4v) is 3.17. The van der Waals surface area contributed by atoms with Gasteiger partial charge < -0.3 is 14.6 Å². The Hall–Kier alpha value is -1.81. The number of hydrogen-bond acceptors (Lipinski definition) is 4. The number of carbonyl (C=O) groups excluding carboxylic acids is 1. The fraction of sp³-hybridized carbons (Fsp3) is 0.471. The molecule has 4 atom stereocenters. The van der Waals surface area contributed by atoms with Gasteiger partial charge in [0.05, 0.1) is 12.0 Å². The van der Waals surface area contributed by atoms with Crippen molar-refractivity contribution in [2.45, 2.75) is 38.4 Å². The van der Waals surface area contributed by atoms with Crippen LogP contribution in [-0.2, 0) is 9.53 Å². The van der Waals surface area contributed by atoms with Gasteiger partial charge >= 0.3 is 0 Å². The van der Waals surface area contributed by atoms with Crippen LogP contribution in [0.3, 0.4) is 0 Å². The summed E-state index contributed by atoms with van der Waals surface area (Å²) in [6, 6.07) is 9.22. The second kappa shape index (κ2) is 5.90. The molecule has 21 heavy (non-hydrogen) atoms. The highest BCUT2D eigenvalue weighted by Gasteiger charge is 2.44. The second-order valence-electron chi connectivity index (χ2n) is 5.75. The van der Waals surface area contributed by atoms with E-state index in [0.29, 0.717) is 18.6 Å². The third-order valence-electron chi connectivity index (χ3n) is 4.45. The Morgan fingerprint density at radius 3 is 2.76 bits per heavy atom. The standard InChI is InChI=1S/C17H20O4/c1-2-11-8-13-15(9-14(11)18)20-10-16(17(13)19)21-12-6-4-3-5-7-12/h3-7,10-11,13-15,18H,2,8-9H2,1H3. The number of aliphatic hydroxyl groups excluding tert-OH is 1. The van der Waals surface area contributed by atoms with Crippen LogP contribution in [0.25, 0.3) is 0 Å². The van der Waals surface area contributed by atoms with Crippen LogP contribution in [-0.4, -0.2) is 23.1 Å². The lowest BCUT2D eigenvalue weighted by Crippen LogP contribution is -2.45. The molecule has 0 saturated heterocycles. The predicted octanol–water partition coefficient (Wildman–Crippen LogP) is 2.67. The van der Waals surface area contributed by atoms with Crippen LogP contribution in [0.5, 0.6) is 5.75 Å². The molecule has 1 aliphatic carbocycles. The Balaban J connectivity index is 1.75. The van der Waals surface area contributed by atoms with Crippen LogP contribution in [0.15, 0.2) is 42.4 Å². The van der Waals surface area contributed by atoms with Crippen LogP contribution in [0.1, 0.15) is 26.2 Å². The minimum atomic E-state index is -0.381. The van der Waals surface area contributed by atoms with Crippen molar-refractivity contribution in [3.8, 4) is 5.75 Å². The molecule has 1 fully saturated rings. The number of fused-ring (bicyclic) bond motifs is 1. The normalized spacial score (nSPS) is 31.9. The number of allylic oxidation sites excluding steroid dienone is 1. The number of ketones is 1. The molecule has 0 radical (unpaired) electrons. The molecule has 4 unspecified atom stereocenters. The lowest BCUT2D eigenvalue weighted by molar-refractivity contribution is -0.135.